The molecule has 0 rings (SSSR count). The fraction of sp³-hybridized carbons (Fsp3) is 0.889. The Hall–Kier alpha value is -0.610. The molecule has 0 aliphatic rings. The average molecular weight is 189 g/mol. The van der Waals surface area contributed by atoms with Crippen LogP contribution in [0.1, 0.15) is 34.1 Å². The Morgan fingerprint density at radius 3 is 2.38 bits per heavy atom. The van der Waals surface area contributed by atoms with E-state index in [1.54, 1.807) is 0 Å². The third-order valence-corrected chi connectivity index (χ3v) is 1.32. The first kappa shape index (κ1) is 12.4. The second kappa shape index (κ2) is 5.19. The SMILES string of the molecule is C[C@@H](CON)CC(=O)OC(C)(C)C. The fourth-order valence-electron chi connectivity index (χ4n) is 0.891. The van der Waals surface area contributed by atoms with E-state index in [1.807, 2.05) is 27.7 Å². The minimum Gasteiger partial charge on any atom is -0.460 e. The molecule has 0 aliphatic heterocycles. The molecule has 0 aromatic carbocycles. The number of ether oxygens (including phenoxy) is 1. The van der Waals surface area contributed by atoms with E-state index in [4.69, 9.17) is 10.6 Å². The van der Waals surface area contributed by atoms with Crippen LogP contribution in [0.25, 0.3) is 0 Å². The molecular weight excluding hydrogens is 170 g/mol. The summed E-state index contributed by atoms with van der Waals surface area (Å²) in [5.74, 6) is 4.77. The summed E-state index contributed by atoms with van der Waals surface area (Å²) < 4.78 is 5.12. The molecule has 0 saturated heterocycles. The van der Waals surface area contributed by atoms with E-state index in [1.165, 1.54) is 0 Å². The zero-order valence-corrected chi connectivity index (χ0v) is 8.79. The summed E-state index contributed by atoms with van der Waals surface area (Å²) in [4.78, 5) is 15.7. The molecule has 0 heterocycles. The topological polar surface area (TPSA) is 61.5 Å². The first-order valence-corrected chi connectivity index (χ1v) is 4.38. The quantitative estimate of drug-likeness (QED) is 0.534. The minimum atomic E-state index is -0.416. The van der Waals surface area contributed by atoms with Gasteiger partial charge in [-0.25, -0.2) is 5.90 Å². The molecule has 4 heteroatoms. The lowest BCUT2D eigenvalue weighted by Crippen LogP contribution is -2.25. The second-order valence-corrected chi connectivity index (χ2v) is 4.23. The highest BCUT2D eigenvalue weighted by Crippen LogP contribution is 2.11. The van der Waals surface area contributed by atoms with Gasteiger partial charge in [-0.05, 0) is 26.7 Å². The van der Waals surface area contributed by atoms with Gasteiger partial charge < -0.3 is 9.57 Å². The van der Waals surface area contributed by atoms with Gasteiger partial charge in [0, 0.05) is 0 Å². The minimum absolute atomic E-state index is 0.0971. The highest BCUT2D eigenvalue weighted by Gasteiger charge is 2.18. The van der Waals surface area contributed by atoms with Crippen LogP contribution in [0.4, 0.5) is 0 Å². The maximum atomic E-state index is 11.2. The van der Waals surface area contributed by atoms with Crippen LogP contribution >= 0.6 is 0 Å². The third kappa shape index (κ3) is 7.74. The van der Waals surface area contributed by atoms with E-state index >= 15 is 0 Å². The van der Waals surface area contributed by atoms with E-state index < -0.39 is 5.60 Å². The van der Waals surface area contributed by atoms with Crippen LogP contribution in [0.15, 0.2) is 0 Å². The predicted octanol–water partition coefficient (Wildman–Crippen LogP) is 1.24. The Morgan fingerprint density at radius 1 is 1.46 bits per heavy atom. The molecule has 0 unspecified atom stereocenters. The standard InChI is InChI=1S/C9H19NO3/c1-7(6-12-10)5-8(11)13-9(2,3)4/h7H,5-6,10H2,1-4H3/t7-/m1/s1. The first-order valence-electron chi connectivity index (χ1n) is 4.38. The van der Waals surface area contributed by atoms with Crippen molar-refractivity contribution < 1.29 is 14.4 Å². The summed E-state index contributed by atoms with van der Waals surface area (Å²) in [6.45, 7) is 7.79. The van der Waals surface area contributed by atoms with Crippen molar-refractivity contribution in [3.8, 4) is 0 Å². The van der Waals surface area contributed by atoms with Gasteiger partial charge in [0.2, 0.25) is 0 Å². The molecule has 0 radical (unpaired) electrons. The Morgan fingerprint density at radius 2 is 2.00 bits per heavy atom. The van der Waals surface area contributed by atoms with Crippen LogP contribution in [-0.2, 0) is 14.4 Å². The predicted molar refractivity (Wildman–Crippen MR) is 49.8 cm³/mol. The lowest BCUT2D eigenvalue weighted by molar-refractivity contribution is -0.156. The van der Waals surface area contributed by atoms with Gasteiger partial charge in [-0.15, -0.1) is 0 Å². The highest BCUT2D eigenvalue weighted by molar-refractivity contribution is 5.70. The zero-order chi connectivity index (χ0) is 10.5. The number of esters is 1. The maximum Gasteiger partial charge on any atom is 0.306 e. The van der Waals surface area contributed by atoms with E-state index in [2.05, 4.69) is 4.84 Å². The van der Waals surface area contributed by atoms with Crippen LogP contribution < -0.4 is 5.90 Å². The number of carbonyl (C=O) groups excluding carboxylic acids is 1. The number of nitrogens with two attached hydrogens (primary N) is 1. The molecular formula is C9H19NO3. The van der Waals surface area contributed by atoms with Gasteiger partial charge in [-0.3, -0.25) is 4.79 Å². The molecule has 0 saturated carbocycles. The molecule has 4 nitrogen and oxygen atoms in total. The van der Waals surface area contributed by atoms with Crippen LogP contribution in [0.5, 0.6) is 0 Å². The molecule has 0 spiro atoms. The monoisotopic (exact) mass is 189 g/mol. The van der Waals surface area contributed by atoms with Crippen molar-refractivity contribution in [3.05, 3.63) is 0 Å². The smallest absolute Gasteiger partial charge is 0.306 e. The average Bonchev–Trinajstić information content (AvgIpc) is 1.81. The van der Waals surface area contributed by atoms with E-state index in [0.29, 0.717) is 13.0 Å². The number of hydrogen-bond donors (Lipinski definition) is 1. The van der Waals surface area contributed by atoms with Crippen molar-refractivity contribution >= 4 is 5.97 Å². The van der Waals surface area contributed by atoms with Gasteiger partial charge >= 0.3 is 5.97 Å². The van der Waals surface area contributed by atoms with Crippen molar-refractivity contribution in [2.24, 2.45) is 11.8 Å². The Bertz CT molecular complexity index is 163. The van der Waals surface area contributed by atoms with Gasteiger partial charge in [-0.2, -0.15) is 0 Å². The number of rotatable bonds is 4. The van der Waals surface area contributed by atoms with E-state index in [0.717, 1.165) is 0 Å². The fourth-order valence-corrected chi connectivity index (χ4v) is 0.891. The maximum absolute atomic E-state index is 11.2. The molecule has 0 fully saturated rings. The van der Waals surface area contributed by atoms with Crippen LogP contribution in [0, 0.1) is 5.92 Å². The van der Waals surface area contributed by atoms with E-state index in [9.17, 15) is 4.79 Å². The molecule has 1 atom stereocenters. The molecule has 0 aliphatic carbocycles. The Balaban J connectivity index is 3.74. The second-order valence-electron chi connectivity index (χ2n) is 4.23. The van der Waals surface area contributed by atoms with Crippen molar-refractivity contribution in [2.75, 3.05) is 6.61 Å². The van der Waals surface area contributed by atoms with Gasteiger partial charge in [0.25, 0.3) is 0 Å². The summed E-state index contributed by atoms with van der Waals surface area (Å²) >= 11 is 0. The lowest BCUT2D eigenvalue weighted by atomic mass is 10.1. The summed E-state index contributed by atoms with van der Waals surface area (Å²) in [6.07, 6.45) is 0.342. The van der Waals surface area contributed by atoms with Crippen molar-refractivity contribution in [1.29, 1.82) is 0 Å². The largest absolute Gasteiger partial charge is 0.460 e. The van der Waals surface area contributed by atoms with Crippen LogP contribution in [0.3, 0.4) is 0 Å². The molecule has 0 aromatic rings. The number of carbonyl (C=O) groups is 1. The lowest BCUT2D eigenvalue weighted by Gasteiger charge is -2.20. The normalized spacial score (nSPS) is 13.9. The van der Waals surface area contributed by atoms with Crippen LogP contribution in [0.2, 0.25) is 0 Å². The first-order chi connectivity index (χ1) is 5.85. The number of hydrogen-bond acceptors (Lipinski definition) is 4. The summed E-state index contributed by atoms with van der Waals surface area (Å²) in [5, 5.41) is 0. The van der Waals surface area contributed by atoms with Crippen molar-refractivity contribution in [1.82, 2.24) is 0 Å². The molecule has 0 aromatic heterocycles. The Kier molecular flexibility index (Phi) is 4.95. The molecule has 0 amide bonds. The van der Waals surface area contributed by atoms with Crippen molar-refractivity contribution in [2.45, 2.75) is 39.7 Å². The zero-order valence-electron chi connectivity index (χ0n) is 8.79. The van der Waals surface area contributed by atoms with Gasteiger partial charge in [0.1, 0.15) is 5.60 Å². The Labute approximate surface area is 79.3 Å². The third-order valence-electron chi connectivity index (χ3n) is 1.32. The summed E-state index contributed by atoms with van der Waals surface area (Å²) in [5.41, 5.74) is -0.416. The van der Waals surface area contributed by atoms with Gasteiger partial charge in [0.05, 0.1) is 13.0 Å². The van der Waals surface area contributed by atoms with E-state index in [-0.39, 0.29) is 11.9 Å². The molecule has 0 bridgehead atoms. The molecule has 13 heavy (non-hydrogen) atoms. The summed E-state index contributed by atoms with van der Waals surface area (Å²) in [6, 6.07) is 0. The highest BCUT2D eigenvalue weighted by atomic mass is 16.6. The summed E-state index contributed by atoms with van der Waals surface area (Å²) in [7, 11) is 0. The van der Waals surface area contributed by atoms with Gasteiger partial charge in [-0.1, -0.05) is 6.92 Å². The van der Waals surface area contributed by atoms with Crippen LogP contribution in [-0.4, -0.2) is 18.2 Å². The van der Waals surface area contributed by atoms with Crippen molar-refractivity contribution in [3.63, 3.8) is 0 Å². The van der Waals surface area contributed by atoms with Gasteiger partial charge in [0.15, 0.2) is 0 Å². The molecule has 78 valence electrons. The molecule has 2 N–H and O–H groups in total.